The van der Waals surface area contributed by atoms with Crippen molar-refractivity contribution in [1.29, 1.82) is 0 Å². The summed E-state index contributed by atoms with van der Waals surface area (Å²) in [6.45, 7) is 3.05. The SMILES string of the molecule is Cc1cc(COc2ccc(C(=O)N[C@@H]3CN(C(=O)c4cccs4)CC[C@H]3CC(=O)NO)cc2)c2ccccc2n1. The Morgan fingerprint density at radius 1 is 1.10 bits per heavy atom. The molecule has 2 atom stereocenters. The number of aromatic nitrogens is 1. The number of rotatable bonds is 8. The largest absolute Gasteiger partial charge is 0.489 e. The molecule has 3 N–H and O–H groups in total. The van der Waals surface area contributed by atoms with E-state index in [2.05, 4.69) is 10.3 Å². The molecule has 4 aromatic rings. The molecule has 0 aliphatic carbocycles. The summed E-state index contributed by atoms with van der Waals surface area (Å²) in [5, 5.41) is 14.9. The molecule has 0 bridgehead atoms. The van der Waals surface area contributed by atoms with Gasteiger partial charge in [-0.1, -0.05) is 24.3 Å². The number of ether oxygens (including phenoxy) is 1. The van der Waals surface area contributed by atoms with E-state index in [0.717, 1.165) is 22.2 Å². The summed E-state index contributed by atoms with van der Waals surface area (Å²) in [6, 6.07) is 19.9. The van der Waals surface area contributed by atoms with Crippen LogP contribution in [0.2, 0.25) is 0 Å². The number of thiophene rings is 1. The summed E-state index contributed by atoms with van der Waals surface area (Å²) in [4.78, 5) is 44.9. The fourth-order valence-electron chi connectivity index (χ4n) is 5.06. The molecular formula is C30H30N4O5S. The second-order valence-electron chi connectivity index (χ2n) is 9.85. The van der Waals surface area contributed by atoms with E-state index in [-0.39, 0.29) is 30.7 Å². The zero-order valence-corrected chi connectivity index (χ0v) is 22.8. The van der Waals surface area contributed by atoms with E-state index in [1.165, 1.54) is 11.3 Å². The lowest BCUT2D eigenvalue weighted by atomic mass is 9.88. The predicted molar refractivity (Wildman–Crippen MR) is 151 cm³/mol. The molecule has 0 spiro atoms. The van der Waals surface area contributed by atoms with Crippen molar-refractivity contribution in [3.8, 4) is 5.75 Å². The van der Waals surface area contributed by atoms with Gasteiger partial charge >= 0.3 is 0 Å². The third-order valence-electron chi connectivity index (χ3n) is 7.10. The van der Waals surface area contributed by atoms with E-state index in [1.54, 1.807) is 40.7 Å². The standard InChI is InChI=1S/C30H30N4O5S/c1-19-15-22(24-5-2-3-6-25(24)31-19)18-39-23-10-8-20(9-11-23)29(36)32-26-17-34(30(37)27-7-4-14-40-27)13-12-21(26)16-28(35)33-38/h2-11,14-15,21,26,38H,12-13,16-18H2,1H3,(H,32,36)(H,33,35)/t21-,26+/m0/s1. The van der Waals surface area contributed by atoms with Crippen LogP contribution in [0, 0.1) is 12.8 Å². The van der Waals surface area contributed by atoms with Crippen LogP contribution in [-0.2, 0) is 11.4 Å². The lowest BCUT2D eigenvalue weighted by molar-refractivity contribution is -0.130. The van der Waals surface area contributed by atoms with Gasteiger partial charge in [0.2, 0.25) is 5.91 Å². The molecule has 10 heteroatoms. The van der Waals surface area contributed by atoms with E-state index in [9.17, 15) is 14.4 Å². The van der Waals surface area contributed by atoms with Gasteiger partial charge in [0.15, 0.2) is 0 Å². The number of para-hydroxylation sites is 1. The highest BCUT2D eigenvalue weighted by Crippen LogP contribution is 2.25. The van der Waals surface area contributed by atoms with Crippen molar-refractivity contribution < 1.29 is 24.3 Å². The lowest BCUT2D eigenvalue weighted by Crippen LogP contribution is -2.54. The van der Waals surface area contributed by atoms with Crippen LogP contribution in [0.3, 0.4) is 0 Å². The summed E-state index contributed by atoms with van der Waals surface area (Å²) >= 11 is 1.37. The van der Waals surface area contributed by atoms with Crippen LogP contribution in [0.4, 0.5) is 0 Å². The Morgan fingerprint density at radius 2 is 1.90 bits per heavy atom. The molecule has 9 nitrogen and oxygen atoms in total. The van der Waals surface area contributed by atoms with Gasteiger partial charge in [0.1, 0.15) is 12.4 Å². The first kappa shape index (κ1) is 27.3. The van der Waals surface area contributed by atoms with Gasteiger partial charge < -0.3 is 15.0 Å². The second-order valence-corrected chi connectivity index (χ2v) is 10.8. The summed E-state index contributed by atoms with van der Waals surface area (Å²) in [5.74, 6) is -0.547. The van der Waals surface area contributed by atoms with E-state index >= 15 is 0 Å². The Labute approximate surface area is 235 Å². The highest BCUT2D eigenvalue weighted by Gasteiger charge is 2.34. The molecule has 1 fully saturated rings. The van der Waals surface area contributed by atoms with Crippen molar-refractivity contribution in [2.24, 2.45) is 5.92 Å². The number of carbonyl (C=O) groups is 3. The van der Waals surface area contributed by atoms with Crippen molar-refractivity contribution in [1.82, 2.24) is 20.7 Å². The zero-order valence-electron chi connectivity index (χ0n) is 22.0. The number of benzene rings is 2. The molecule has 1 saturated heterocycles. The predicted octanol–water partition coefficient (Wildman–Crippen LogP) is 4.34. The molecule has 2 aromatic heterocycles. The van der Waals surface area contributed by atoms with E-state index in [1.807, 2.05) is 48.7 Å². The first-order valence-electron chi connectivity index (χ1n) is 13.1. The average Bonchev–Trinajstić information content (AvgIpc) is 3.51. The number of nitrogens with zero attached hydrogens (tertiary/aromatic N) is 2. The van der Waals surface area contributed by atoms with Crippen LogP contribution in [0.25, 0.3) is 10.9 Å². The number of pyridine rings is 1. The van der Waals surface area contributed by atoms with E-state index in [4.69, 9.17) is 9.94 Å². The Kier molecular flexibility index (Phi) is 8.37. The number of fused-ring (bicyclic) bond motifs is 1. The second kappa shape index (κ2) is 12.3. The first-order valence-corrected chi connectivity index (χ1v) is 13.9. The van der Waals surface area contributed by atoms with Crippen molar-refractivity contribution in [3.05, 3.63) is 93.8 Å². The van der Waals surface area contributed by atoms with Crippen molar-refractivity contribution in [2.45, 2.75) is 32.4 Å². The number of nitrogens with one attached hydrogen (secondary N) is 2. The van der Waals surface area contributed by atoms with Crippen molar-refractivity contribution in [2.75, 3.05) is 13.1 Å². The van der Waals surface area contributed by atoms with Crippen LogP contribution < -0.4 is 15.5 Å². The van der Waals surface area contributed by atoms with Gasteiger partial charge in [-0.25, -0.2) is 5.48 Å². The number of amides is 3. The Hall–Kier alpha value is -4.28. The molecule has 5 rings (SSSR count). The fourth-order valence-corrected chi connectivity index (χ4v) is 5.75. The van der Waals surface area contributed by atoms with Crippen LogP contribution in [0.5, 0.6) is 5.75 Å². The molecular weight excluding hydrogens is 528 g/mol. The summed E-state index contributed by atoms with van der Waals surface area (Å²) in [6.07, 6.45) is 0.559. The Balaban J connectivity index is 1.25. The summed E-state index contributed by atoms with van der Waals surface area (Å²) in [5.41, 5.74) is 4.97. The molecule has 3 amide bonds. The monoisotopic (exact) mass is 558 g/mol. The molecule has 0 radical (unpaired) electrons. The molecule has 1 aliphatic rings. The minimum Gasteiger partial charge on any atom is -0.489 e. The quantitative estimate of drug-likeness (QED) is 0.219. The van der Waals surface area contributed by atoms with E-state index in [0.29, 0.717) is 35.8 Å². The van der Waals surface area contributed by atoms with Gasteiger partial charge in [-0.15, -0.1) is 11.3 Å². The molecule has 0 unspecified atom stereocenters. The minimum atomic E-state index is -0.527. The van der Waals surface area contributed by atoms with Gasteiger partial charge in [0.25, 0.3) is 11.8 Å². The minimum absolute atomic E-state index is 0.0401. The number of carbonyl (C=O) groups excluding carboxylic acids is 3. The molecule has 1 aliphatic heterocycles. The van der Waals surface area contributed by atoms with E-state index < -0.39 is 11.9 Å². The van der Waals surface area contributed by atoms with Crippen LogP contribution in [-0.4, -0.2) is 51.9 Å². The van der Waals surface area contributed by atoms with Crippen LogP contribution in [0.15, 0.2) is 72.1 Å². The lowest BCUT2D eigenvalue weighted by Gasteiger charge is -2.38. The smallest absolute Gasteiger partial charge is 0.263 e. The molecule has 0 saturated carbocycles. The van der Waals surface area contributed by atoms with Gasteiger partial charge in [0, 0.05) is 41.7 Å². The van der Waals surface area contributed by atoms with Gasteiger partial charge in [-0.05, 0) is 67.1 Å². The maximum atomic E-state index is 13.2. The van der Waals surface area contributed by atoms with Crippen molar-refractivity contribution in [3.63, 3.8) is 0 Å². The zero-order chi connectivity index (χ0) is 28.1. The van der Waals surface area contributed by atoms with Crippen molar-refractivity contribution >= 4 is 40.0 Å². The average molecular weight is 559 g/mol. The normalized spacial score (nSPS) is 16.9. The molecule has 206 valence electrons. The number of hydrogen-bond donors (Lipinski definition) is 3. The Bertz CT molecular complexity index is 1510. The summed E-state index contributed by atoms with van der Waals surface area (Å²) in [7, 11) is 0. The number of hydroxylamine groups is 1. The number of aryl methyl sites for hydroxylation is 1. The third-order valence-corrected chi connectivity index (χ3v) is 7.96. The first-order chi connectivity index (χ1) is 19.4. The molecule has 40 heavy (non-hydrogen) atoms. The van der Waals surface area contributed by atoms with Gasteiger partial charge in [0.05, 0.1) is 16.4 Å². The van der Waals surface area contributed by atoms with Gasteiger partial charge in [-0.2, -0.15) is 0 Å². The number of hydrogen-bond acceptors (Lipinski definition) is 7. The van der Waals surface area contributed by atoms with Gasteiger partial charge in [-0.3, -0.25) is 24.6 Å². The van der Waals surface area contributed by atoms with Crippen LogP contribution >= 0.6 is 11.3 Å². The molecule has 2 aromatic carbocycles. The highest BCUT2D eigenvalue weighted by molar-refractivity contribution is 7.12. The maximum absolute atomic E-state index is 13.2. The fraction of sp³-hybridized carbons (Fsp3) is 0.267. The van der Waals surface area contributed by atoms with Crippen LogP contribution in [0.1, 0.15) is 44.1 Å². The topological polar surface area (TPSA) is 121 Å². The summed E-state index contributed by atoms with van der Waals surface area (Å²) < 4.78 is 6.02. The number of likely N-dealkylation sites (tertiary alicyclic amines) is 1. The Morgan fingerprint density at radius 3 is 2.65 bits per heavy atom. The third kappa shape index (κ3) is 6.30. The number of piperidine rings is 1. The highest BCUT2D eigenvalue weighted by atomic mass is 32.1. The molecule has 3 heterocycles. The maximum Gasteiger partial charge on any atom is 0.263 e.